The average molecular weight is 1130 g/mol. The predicted molar refractivity (Wildman–Crippen MR) is 287 cm³/mol. The highest BCUT2D eigenvalue weighted by molar-refractivity contribution is 5.99. The zero-order chi connectivity index (χ0) is 58.6. The van der Waals surface area contributed by atoms with E-state index in [9.17, 15) is 58.2 Å². The fraction of sp³-hybridized carbons (Fsp3) is 0.618. The number of carbonyl (C=O) groups excluding carboxylic acids is 10. The Kier molecular flexibility index (Phi) is 24.0. The molecule has 8 amide bonds. The van der Waals surface area contributed by atoms with Crippen LogP contribution in [-0.4, -0.2) is 171 Å². The number of aromatic nitrogens is 3. The number of nitrogens with zero attached hydrogens (tertiary/aromatic N) is 3. The Morgan fingerprint density at radius 1 is 0.654 bits per heavy atom. The number of aromatic amines is 2. The molecule has 5 heterocycles. The van der Waals surface area contributed by atoms with E-state index >= 15 is 0 Å². The zero-order valence-corrected chi connectivity index (χ0v) is 46.6. The van der Waals surface area contributed by atoms with E-state index in [1.54, 1.807) is 6.20 Å². The van der Waals surface area contributed by atoms with E-state index in [0.29, 0.717) is 75.7 Å². The molecule has 444 valence electrons. The summed E-state index contributed by atoms with van der Waals surface area (Å²) < 4.78 is 0. The number of nitrogens with two attached hydrogens (primary N) is 1. The van der Waals surface area contributed by atoms with Gasteiger partial charge in [-0.1, -0.05) is 32.0 Å². The lowest BCUT2D eigenvalue weighted by Crippen LogP contribution is -2.89. The number of hydrogen-bond acceptors (Lipinski definition) is 13. The molecule has 3 aliphatic rings. The molecular formula is C55H83N14O12+. The molecule has 2 aromatic heterocycles. The first-order valence-corrected chi connectivity index (χ1v) is 28.7. The van der Waals surface area contributed by atoms with Crippen LogP contribution < -0.4 is 58.9 Å². The largest absolute Gasteiger partial charge is 0.550 e. The normalized spacial score (nSPS) is 19.2. The Morgan fingerprint density at radius 2 is 1.23 bits per heavy atom. The SMILES string of the molecule is CC(C)C[C@H](NC(=O)[C@H](CCCC[NH3+])NC(=O)[C@@H]1CCC[NH2+]1)C(=O)N[C@@H](CCC(=O)[O-])C(=O)N1CCC[C@H]1C(=O)N[C@@H](Cc1c[nH]c2ccccc12)C(=O)N[C@@H](CCCC[NH3+])C(=O)N[C@@H](Cc1cnc[nH]1)C(=O)N1CCC[C@H]1C(=O)[O-]. The quantitative estimate of drug-likeness (QED) is 0.0260. The maximum Gasteiger partial charge on any atom is 0.278 e. The number of fused-ring (bicyclic) bond motifs is 1. The highest BCUT2D eigenvalue weighted by Gasteiger charge is 2.42. The number of hydrogen-bond donors (Lipinski definition) is 11. The number of carbonyl (C=O) groups is 10. The molecule has 0 unspecified atom stereocenters. The molecule has 0 radical (unpaired) electrons. The van der Waals surface area contributed by atoms with Crippen LogP contribution in [0.1, 0.15) is 121 Å². The van der Waals surface area contributed by atoms with Crippen LogP contribution in [0.25, 0.3) is 10.9 Å². The first kappa shape index (κ1) is 62.7. The molecule has 0 saturated carbocycles. The number of likely N-dealkylation sites (tertiary alicyclic amines) is 2. The van der Waals surface area contributed by atoms with Gasteiger partial charge in [0.1, 0.15) is 42.3 Å². The summed E-state index contributed by atoms with van der Waals surface area (Å²) in [7, 11) is 0. The van der Waals surface area contributed by atoms with Crippen molar-refractivity contribution in [3.8, 4) is 0 Å². The summed E-state index contributed by atoms with van der Waals surface area (Å²) in [6, 6.07) is -3.00. The van der Waals surface area contributed by atoms with Gasteiger partial charge in [0.05, 0.1) is 38.0 Å². The average Bonchev–Trinajstić information content (AvgIpc) is 4.50. The van der Waals surface area contributed by atoms with Gasteiger partial charge in [0.15, 0.2) is 6.04 Å². The van der Waals surface area contributed by atoms with Gasteiger partial charge in [0.2, 0.25) is 41.4 Å². The molecule has 6 rings (SSSR count). The fourth-order valence-electron chi connectivity index (χ4n) is 11.0. The molecule has 26 heteroatoms. The summed E-state index contributed by atoms with van der Waals surface area (Å²) >= 11 is 0. The Morgan fingerprint density at radius 3 is 1.85 bits per heavy atom. The molecule has 16 N–H and O–H groups in total. The molecule has 3 fully saturated rings. The Labute approximate surface area is 470 Å². The number of benzene rings is 1. The molecule has 26 nitrogen and oxygen atoms in total. The van der Waals surface area contributed by atoms with Gasteiger partial charge in [-0.3, -0.25) is 38.4 Å². The van der Waals surface area contributed by atoms with E-state index in [1.165, 1.54) is 22.3 Å². The lowest BCUT2D eigenvalue weighted by atomic mass is 10.0. The molecule has 1 aromatic carbocycles. The van der Waals surface area contributed by atoms with Gasteiger partial charge in [0.25, 0.3) is 5.91 Å². The van der Waals surface area contributed by atoms with Crippen molar-refractivity contribution in [3.05, 3.63) is 54.2 Å². The Bertz CT molecular complexity index is 2640. The van der Waals surface area contributed by atoms with E-state index in [0.717, 1.165) is 23.9 Å². The maximum atomic E-state index is 14.8. The van der Waals surface area contributed by atoms with Gasteiger partial charge in [-0.05, 0) is 101 Å². The van der Waals surface area contributed by atoms with E-state index in [4.69, 9.17) is 0 Å². The van der Waals surface area contributed by atoms with Crippen LogP contribution in [0, 0.1) is 5.92 Å². The van der Waals surface area contributed by atoms with Crippen molar-refractivity contribution in [2.45, 2.75) is 177 Å². The summed E-state index contributed by atoms with van der Waals surface area (Å²) in [4.78, 5) is 151. The number of para-hydroxylation sites is 1. The molecular weight excluding hydrogens is 1050 g/mol. The lowest BCUT2D eigenvalue weighted by Gasteiger charge is -2.32. The Balaban J connectivity index is 1.22. The van der Waals surface area contributed by atoms with Crippen molar-refractivity contribution in [1.82, 2.24) is 56.7 Å². The van der Waals surface area contributed by atoms with Gasteiger partial charge in [-0.25, -0.2) is 4.98 Å². The number of nitrogens with one attached hydrogen (secondary N) is 8. The van der Waals surface area contributed by atoms with Crippen molar-refractivity contribution in [3.63, 3.8) is 0 Å². The van der Waals surface area contributed by atoms with E-state index in [-0.39, 0.29) is 69.5 Å². The molecule has 81 heavy (non-hydrogen) atoms. The van der Waals surface area contributed by atoms with Crippen LogP contribution in [0.5, 0.6) is 0 Å². The first-order chi connectivity index (χ1) is 38.9. The third-order valence-electron chi connectivity index (χ3n) is 15.3. The number of quaternary nitrogens is 3. The molecule has 0 aliphatic carbocycles. The molecule has 3 aromatic rings. The second-order valence-electron chi connectivity index (χ2n) is 21.9. The van der Waals surface area contributed by atoms with Crippen molar-refractivity contribution < 1.29 is 74.9 Å². The van der Waals surface area contributed by atoms with Crippen molar-refractivity contribution in [2.24, 2.45) is 5.92 Å². The topological polar surface area (TPSA) is 412 Å². The third kappa shape index (κ3) is 18.0. The van der Waals surface area contributed by atoms with E-state index in [2.05, 4.69) is 58.3 Å². The number of carboxylic acids is 2. The van der Waals surface area contributed by atoms with E-state index in [1.807, 2.05) is 43.4 Å². The third-order valence-corrected chi connectivity index (χ3v) is 15.3. The number of aliphatic carboxylic acids is 2. The summed E-state index contributed by atoms with van der Waals surface area (Å²) in [6.07, 6.45) is 8.68. The van der Waals surface area contributed by atoms with Gasteiger partial charge in [0, 0.05) is 73.7 Å². The van der Waals surface area contributed by atoms with Crippen LogP contribution in [0.2, 0.25) is 0 Å². The lowest BCUT2D eigenvalue weighted by molar-refractivity contribution is -0.657. The monoisotopic (exact) mass is 1130 g/mol. The van der Waals surface area contributed by atoms with Crippen LogP contribution >= 0.6 is 0 Å². The van der Waals surface area contributed by atoms with Gasteiger partial charge in [-0.2, -0.15) is 0 Å². The Hall–Kier alpha value is -7.45. The van der Waals surface area contributed by atoms with Gasteiger partial charge in [-0.15, -0.1) is 0 Å². The smallest absolute Gasteiger partial charge is 0.278 e. The van der Waals surface area contributed by atoms with Crippen LogP contribution in [0.15, 0.2) is 43.0 Å². The number of H-pyrrole nitrogens is 2. The van der Waals surface area contributed by atoms with E-state index < -0.39 is 114 Å². The highest BCUT2D eigenvalue weighted by Crippen LogP contribution is 2.24. The number of amides is 8. The van der Waals surface area contributed by atoms with Crippen molar-refractivity contribution in [1.29, 1.82) is 0 Å². The predicted octanol–water partition coefficient (Wildman–Crippen LogP) is -5.56. The second kappa shape index (κ2) is 30.9. The summed E-state index contributed by atoms with van der Waals surface area (Å²) in [6.45, 7) is 5.76. The van der Waals surface area contributed by atoms with Gasteiger partial charge < -0.3 is 88.3 Å². The highest BCUT2D eigenvalue weighted by atomic mass is 16.4. The summed E-state index contributed by atoms with van der Waals surface area (Å²) in [5.41, 5.74) is 9.63. The first-order valence-electron chi connectivity index (χ1n) is 28.7. The number of unbranched alkanes of at least 4 members (excludes halogenated alkanes) is 2. The fourth-order valence-corrected chi connectivity index (χ4v) is 11.0. The second-order valence-corrected chi connectivity index (χ2v) is 21.9. The molecule has 0 bridgehead atoms. The van der Waals surface area contributed by atoms with Gasteiger partial charge >= 0.3 is 0 Å². The molecule has 9 atom stereocenters. The van der Waals surface area contributed by atoms with Crippen LogP contribution in [0.3, 0.4) is 0 Å². The minimum Gasteiger partial charge on any atom is -0.550 e. The minimum absolute atomic E-state index is 0.0290. The summed E-state index contributed by atoms with van der Waals surface area (Å²) in [5, 5.41) is 43.4. The van der Waals surface area contributed by atoms with Crippen LogP contribution in [0.4, 0.5) is 0 Å². The molecule has 3 saturated heterocycles. The number of carboxylic acid groups (broad SMARTS) is 2. The van der Waals surface area contributed by atoms with Crippen LogP contribution in [-0.2, 0) is 60.8 Å². The standard InChI is InChI=1S/C55H82N14O12/c1-32(2)26-41(65-48(73)38(14-5-7-21-56)62-47(72)37-16-9-23-59-37)50(75)64-40(19-20-46(70)71)53(78)68-24-10-17-44(68)52(77)66-42(27-33-29-60-36-13-4-3-12-35(33)36)51(76)63-39(15-6-8-22-57)49(74)67-43(28-34-30-58-31-61-34)54(79)69-25-11-18-45(69)55(80)81/h3-4,12-13,29-32,37-45,59-60H,5-11,14-28,56-57H2,1-2H3,(H,58,61)(H,62,72)(H,63,76)(H,64,75)(H,65,73)(H,66,77)(H,67,74)(H,70,71)(H,80,81)/p+1/t37-,38-,39-,40-,41-,42-,43-,44-,45-/m0/s1. The molecule has 0 spiro atoms. The summed E-state index contributed by atoms with van der Waals surface area (Å²) in [5.74, 6) is -8.40. The van der Waals surface area contributed by atoms with Crippen molar-refractivity contribution >= 4 is 70.1 Å². The maximum absolute atomic E-state index is 14.8. The number of rotatable bonds is 32. The van der Waals surface area contributed by atoms with Crippen molar-refractivity contribution in [2.75, 3.05) is 32.7 Å². The zero-order valence-electron chi connectivity index (χ0n) is 46.6. The molecule has 3 aliphatic heterocycles. The number of imidazole rings is 1. The minimum atomic E-state index is -1.50.